The molecule has 6 heterocycles. The zero-order valence-corrected chi connectivity index (χ0v) is 40.2. The van der Waals surface area contributed by atoms with E-state index in [9.17, 15) is 9.59 Å². The molecular formula is C48H74N2O10Si. The summed E-state index contributed by atoms with van der Waals surface area (Å²) in [4.78, 5) is 33.7. The van der Waals surface area contributed by atoms with Gasteiger partial charge >= 0.3 is 12.1 Å². The number of nitrogens with zero attached hydrogens (tertiary/aromatic N) is 2. The number of ether oxygens (including phenoxy) is 6. The van der Waals surface area contributed by atoms with Crippen LogP contribution in [0.1, 0.15) is 139 Å². The molecule has 0 aliphatic carbocycles. The molecular weight excluding hydrogens is 793 g/mol. The van der Waals surface area contributed by atoms with Gasteiger partial charge in [-0.1, -0.05) is 65.0 Å². The molecule has 0 radical (unpaired) electrons. The number of hydrogen-bond donors (Lipinski definition) is 0. The second-order valence-corrected chi connectivity index (χ2v) is 25.9. The van der Waals surface area contributed by atoms with Gasteiger partial charge in [0.15, 0.2) is 8.32 Å². The smallest absolute Gasteiger partial charge is 0.413 e. The van der Waals surface area contributed by atoms with Crippen LogP contribution in [0.25, 0.3) is 6.08 Å². The largest absolute Gasteiger partial charge is 0.458 e. The van der Waals surface area contributed by atoms with Crippen molar-refractivity contribution < 1.29 is 46.9 Å². The number of hydrogen-bond acceptors (Lipinski definition) is 11. The number of esters is 1. The highest BCUT2D eigenvalue weighted by Crippen LogP contribution is 2.43. The molecule has 0 N–H and O–H groups in total. The summed E-state index contributed by atoms with van der Waals surface area (Å²) in [7, 11) is -2.07. The Labute approximate surface area is 365 Å². The predicted molar refractivity (Wildman–Crippen MR) is 237 cm³/mol. The van der Waals surface area contributed by atoms with E-state index < -0.39 is 43.9 Å². The Kier molecular flexibility index (Phi) is 14.4. The summed E-state index contributed by atoms with van der Waals surface area (Å²) in [6, 6.07) is -0.382. The third kappa shape index (κ3) is 11.7. The lowest BCUT2D eigenvalue weighted by Gasteiger charge is -2.45. The van der Waals surface area contributed by atoms with Gasteiger partial charge in [-0.25, -0.2) is 14.6 Å². The fraction of sp³-hybridized carbons (Fsp3) is 0.729. The first kappa shape index (κ1) is 47.4. The maximum absolute atomic E-state index is 13.6. The Hall–Kier alpha value is -3.07. The fourth-order valence-corrected chi connectivity index (χ4v) is 10.7. The minimum Gasteiger partial charge on any atom is -0.458 e. The maximum atomic E-state index is 13.6. The first-order valence-electron chi connectivity index (χ1n) is 22.5. The van der Waals surface area contributed by atoms with E-state index in [4.69, 9.17) is 42.2 Å². The lowest BCUT2D eigenvalue weighted by Crippen LogP contribution is -2.51. The van der Waals surface area contributed by atoms with Crippen LogP contribution in [0.4, 0.5) is 4.79 Å². The first-order valence-corrected chi connectivity index (χ1v) is 25.4. The van der Waals surface area contributed by atoms with Crippen LogP contribution >= 0.6 is 0 Å². The van der Waals surface area contributed by atoms with Gasteiger partial charge in [-0.2, -0.15) is 0 Å². The molecule has 1 aromatic heterocycles. The number of amides is 1. The van der Waals surface area contributed by atoms with Crippen LogP contribution in [-0.2, 0) is 37.6 Å². The van der Waals surface area contributed by atoms with Gasteiger partial charge in [-0.15, -0.1) is 0 Å². The predicted octanol–water partition coefficient (Wildman–Crippen LogP) is 10.4. The molecule has 0 aromatic carbocycles. The highest BCUT2D eigenvalue weighted by Gasteiger charge is 2.48. The van der Waals surface area contributed by atoms with Gasteiger partial charge in [0.05, 0.1) is 49.3 Å². The van der Waals surface area contributed by atoms with Crippen molar-refractivity contribution in [2.24, 2.45) is 11.8 Å². The van der Waals surface area contributed by atoms with Crippen molar-refractivity contribution in [3.63, 3.8) is 0 Å². The summed E-state index contributed by atoms with van der Waals surface area (Å²) in [6.45, 7) is 31.5. The molecule has 1 amide bonds. The summed E-state index contributed by atoms with van der Waals surface area (Å²) in [6.07, 6.45) is 13.6. The highest BCUT2D eigenvalue weighted by atomic mass is 28.4. The van der Waals surface area contributed by atoms with Gasteiger partial charge < -0.3 is 37.3 Å². The normalized spacial score (nSPS) is 35.5. The van der Waals surface area contributed by atoms with Gasteiger partial charge in [-0.3, -0.25) is 4.90 Å². The Balaban J connectivity index is 1.28. The minimum atomic E-state index is -2.07. The Morgan fingerprint density at radius 3 is 2.36 bits per heavy atom. The van der Waals surface area contributed by atoms with Crippen molar-refractivity contribution in [3.05, 3.63) is 59.9 Å². The summed E-state index contributed by atoms with van der Waals surface area (Å²) < 4.78 is 51.7. The van der Waals surface area contributed by atoms with Gasteiger partial charge in [-0.05, 0) is 103 Å². The van der Waals surface area contributed by atoms with E-state index in [1.54, 1.807) is 11.2 Å². The first-order chi connectivity index (χ1) is 28.4. The van der Waals surface area contributed by atoms with E-state index in [1.807, 2.05) is 65.8 Å². The number of fused-ring (bicyclic) bond motifs is 9. The monoisotopic (exact) mass is 867 g/mol. The molecule has 0 saturated carbocycles. The standard InChI is InChI=1S/C48H74N2O10Si/c1-29-21-34-17-15-20-42(51)58-44-31(3)39(57-43(32(44)4)30(2)23-33-27-54-48(11,12)50(33)45(52)59-46(5,6)7)18-16-19-41-49-38(28-53-41)40-26-37(60-61(13,14)47(8,9)10)25-36(56-40)24-35(22-29)55-34/h15-16,19-20,23,28,31-37,39-40,43-44H,1,17-18,21-22,24-27H2,2-14H3/b19-16-,20-15-,30-23+/t31-,32-,33+,34-,35+,36+,37+,39+,40+,43-,44-/m0/s1. The Bertz CT molecular complexity index is 1820. The average Bonchev–Trinajstić information content (AvgIpc) is 3.72. The number of aromatic nitrogens is 1. The lowest BCUT2D eigenvalue weighted by atomic mass is 9.79. The molecule has 13 heteroatoms. The summed E-state index contributed by atoms with van der Waals surface area (Å²) in [5, 5.41) is 0.0682. The second-order valence-electron chi connectivity index (χ2n) is 21.2. The maximum Gasteiger partial charge on any atom is 0.413 e. The van der Waals surface area contributed by atoms with E-state index in [1.165, 1.54) is 6.08 Å². The van der Waals surface area contributed by atoms with E-state index in [0.717, 1.165) is 36.1 Å². The molecule has 4 saturated heterocycles. The summed E-state index contributed by atoms with van der Waals surface area (Å²) in [5.74, 6) is -0.258. The van der Waals surface area contributed by atoms with Gasteiger partial charge in [0.2, 0.25) is 5.89 Å². The molecule has 340 valence electrons. The van der Waals surface area contributed by atoms with Crippen molar-refractivity contribution in [1.82, 2.24) is 9.88 Å². The summed E-state index contributed by atoms with van der Waals surface area (Å²) in [5.41, 5.74) is 1.27. The number of rotatable bonds is 4. The molecule has 0 unspecified atom stereocenters. The number of oxazole rings is 1. The van der Waals surface area contributed by atoms with Crippen LogP contribution in [0.15, 0.2) is 52.7 Å². The second kappa shape index (κ2) is 18.6. The van der Waals surface area contributed by atoms with E-state index in [0.29, 0.717) is 38.2 Å². The topological polar surface area (TPSA) is 128 Å². The minimum absolute atomic E-state index is 0.0114. The van der Waals surface area contributed by atoms with Crippen molar-refractivity contribution in [2.45, 2.75) is 205 Å². The average molecular weight is 867 g/mol. The van der Waals surface area contributed by atoms with E-state index >= 15 is 0 Å². The van der Waals surface area contributed by atoms with E-state index in [-0.39, 0.29) is 59.5 Å². The molecule has 5 aliphatic heterocycles. The Morgan fingerprint density at radius 2 is 1.66 bits per heavy atom. The van der Waals surface area contributed by atoms with Crippen LogP contribution < -0.4 is 0 Å². The van der Waals surface area contributed by atoms with E-state index in [2.05, 4.69) is 54.3 Å². The van der Waals surface area contributed by atoms with Crippen LogP contribution in [-0.4, -0.2) is 97.0 Å². The fourth-order valence-electron chi connectivity index (χ4n) is 9.31. The highest BCUT2D eigenvalue weighted by molar-refractivity contribution is 6.74. The molecule has 4 fully saturated rings. The van der Waals surface area contributed by atoms with Gasteiger partial charge in [0.1, 0.15) is 35.5 Å². The van der Waals surface area contributed by atoms with Gasteiger partial charge in [0.25, 0.3) is 0 Å². The van der Waals surface area contributed by atoms with Crippen molar-refractivity contribution in [3.8, 4) is 0 Å². The Morgan fingerprint density at radius 1 is 0.951 bits per heavy atom. The molecule has 61 heavy (non-hydrogen) atoms. The number of carbonyl (C=O) groups is 2. The van der Waals surface area contributed by atoms with Gasteiger partial charge in [0, 0.05) is 30.8 Å². The quantitative estimate of drug-likeness (QED) is 0.163. The molecule has 5 aliphatic rings. The molecule has 6 rings (SSSR count). The zero-order chi connectivity index (χ0) is 44.7. The molecule has 11 atom stereocenters. The molecule has 12 nitrogen and oxygen atoms in total. The third-order valence-electron chi connectivity index (χ3n) is 13.4. The SMILES string of the molecule is C=C1C[C@@H]2C[C@@H]3C[C@@H](O[Si](C)(C)C(C)(C)C)C[C@@H](O3)c3coc(n3)/C=C\C[C@H]3O[C@@H](/C(C)=C/[C@@H]4COC(C)(C)N4C(=O)OC(C)(C)C)[C@H](C)[C@@H](OC(=O)/C=C\C[C@@H](C1)O2)[C@H]3C. The van der Waals surface area contributed by atoms with Crippen LogP contribution in [0.5, 0.6) is 0 Å². The molecule has 0 spiro atoms. The summed E-state index contributed by atoms with van der Waals surface area (Å²) >= 11 is 0. The number of carbonyl (C=O) groups excluding carboxylic acids is 2. The van der Waals surface area contributed by atoms with Crippen LogP contribution in [0.3, 0.4) is 0 Å². The zero-order valence-electron chi connectivity index (χ0n) is 39.2. The van der Waals surface area contributed by atoms with Crippen LogP contribution in [0, 0.1) is 11.8 Å². The van der Waals surface area contributed by atoms with Crippen molar-refractivity contribution in [1.29, 1.82) is 0 Å². The molecule has 8 bridgehead atoms. The van der Waals surface area contributed by atoms with Crippen molar-refractivity contribution >= 4 is 26.5 Å². The molecule has 1 aromatic rings. The van der Waals surface area contributed by atoms with Crippen molar-refractivity contribution in [2.75, 3.05) is 6.61 Å². The lowest BCUT2D eigenvalue weighted by molar-refractivity contribution is -0.180. The third-order valence-corrected chi connectivity index (χ3v) is 17.9. The van der Waals surface area contributed by atoms with Crippen LogP contribution in [0.2, 0.25) is 18.1 Å².